The Morgan fingerprint density at radius 2 is 1.67 bits per heavy atom. The van der Waals surface area contributed by atoms with E-state index in [1.54, 1.807) is 24.3 Å². The van der Waals surface area contributed by atoms with Gasteiger partial charge < -0.3 is 5.32 Å². The highest BCUT2D eigenvalue weighted by molar-refractivity contribution is 7.22. The topological polar surface area (TPSA) is 71.1 Å². The summed E-state index contributed by atoms with van der Waals surface area (Å²) >= 11 is 1.45. The van der Waals surface area contributed by atoms with E-state index in [9.17, 15) is 9.59 Å². The van der Waals surface area contributed by atoms with Crippen LogP contribution in [0.15, 0.2) is 48.5 Å². The molecular weight excluding hydrogens is 358 g/mol. The van der Waals surface area contributed by atoms with Crippen LogP contribution in [0.1, 0.15) is 42.5 Å². The van der Waals surface area contributed by atoms with Crippen LogP contribution in [-0.2, 0) is 4.79 Å². The summed E-state index contributed by atoms with van der Waals surface area (Å²) in [5, 5.41) is 6.38. The molecule has 0 spiro atoms. The number of carbonyl (C=O) groups is 2. The fraction of sp³-hybridized carbons (Fsp3) is 0.286. The Balaban J connectivity index is 1.39. The van der Waals surface area contributed by atoms with Gasteiger partial charge in [0.1, 0.15) is 0 Å². The van der Waals surface area contributed by atoms with Crippen molar-refractivity contribution in [2.45, 2.75) is 32.1 Å². The summed E-state index contributed by atoms with van der Waals surface area (Å²) in [6, 6.07) is 14.8. The predicted octanol–water partition coefficient (Wildman–Crippen LogP) is 5.07. The van der Waals surface area contributed by atoms with Gasteiger partial charge in [-0.05, 0) is 49.2 Å². The number of anilines is 2. The molecule has 1 fully saturated rings. The number of benzene rings is 2. The molecule has 0 radical (unpaired) electrons. The monoisotopic (exact) mass is 379 g/mol. The number of thiazole rings is 1. The maximum absolute atomic E-state index is 12.4. The molecule has 0 aliphatic heterocycles. The number of amides is 2. The van der Waals surface area contributed by atoms with E-state index in [2.05, 4.69) is 15.6 Å². The third kappa shape index (κ3) is 4.17. The standard InChI is InChI=1S/C21H21N3O2S/c25-19(14-6-2-1-3-7-14)22-16-12-10-15(11-13-16)20(26)24-21-23-17-8-4-5-9-18(17)27-21/h4-5,8-14H,1-3,6-7H2,(H,22,25)(H,23,24,26). The van der Waals surface area contributed by atoms with Crippen molar-refractivity contribution in [3.63, 3.8) is 0 Å². The van der Waals surface area contributed by atoms with E-state index in [0.717, 1.165) is 41.6 Å². The third-order valence-corrected chi connectivity index (χ3v) is 5.86. The molecule has 2 amide bonds. The van der Waals surface area contributed by atoms with Gasteiger partial charge in [-0.15, -0.1) is 0 Å². The lowest BCUT2D eigenvalue weighted by molar-refractivity contribution is -0.120. The number of hydrogen-bond acceptors (Lipinski definition) is 4. The minimum absolute atomic E-state index is 0.0846. The number of nitrogens with zero attached hydrogens (tertiary/aromatic N) is 1. The number of aromatic nitrogens is 1. The van der Waals surface area contributed by atoms with Gasteiger partial charge in [0.25, 0.3) is 5.91 Å². The maximum Gasteiger partial charge on any atom is 0.257 e. The SMILES string of the molecule is O=C(Nc1nc2ccccc2s1)c1ccc(NC(=O)C2CCCCC2)cc1. The zero-order valence-corrected chi connectivity index (χ0v) is 15.7. The molecule has 2 N–H and O–H groups in total. The normalized spacial score (nSPS) is 14.8. The van der Waals surface area contributed by atoms with Crippen molar-refractivity contribution in [2.24, 2.45) is 5.92 Å². The highest BCUT2D eigenvalue weighted by Crippen LogP contribution is 2.26. The van der Waals surface area contributed by atoms with Crippen molar-refractivity contribution in [1.29, 1.82) is 0 Å². The number of para-hydroxylation sites is 1. The van der Waals surface area contributed by atoms with Gasteiger partial charge in [-0.3, -0.25) is 14.9 Å². The molecule has 0 saturated heterocycles. The second-order valence-corrected chi connectivity index (χ2v) is 7.87. The molecule has 6 heteroatoms. The molecule has 1 aromatic heterocycles. The summed E-state index contributed by atoms with van der Waals surface area (Å²) in [7, 11) is 0. The quantitative estimate of drug-likeness (QED) is 0.665. The molecule has 1 aliphatic carbocycles. The van der Waals surface area contributed by atoms with Gasteiger partial charge in [0.2, 0.25) is 5.91 Å². The predicted molar refractivity (Wildman–Crippen MR) is 109 cm³/mol. The van der Waals surface area contributed by atoms with E-state index < -0.39 is 0 Å². The summed E-state index contributed by atoms with van der Waals surface area (Å²) < 4.78 is 1.04. The van der Waals surface area contributed by atoms with Gasteiger partial charge in [0.15, 0.2) is 5.13 Å². The van der Waals surface area contributed by atoms with Gasteiger partial charge in [-0.1, -0.05) is 42.7 Å². The van der Waals surface area contributed by atoms with Crippen LogP contribution < -0.4 is 10.6 Å². The second kappa shape index (κ2) is 7.88. The Bertz CT molecular complexity index is 926. The zero-order valence-electron chi connectivity index (χ0n) is 14.9. The number of rotatable bonds is 4. The van der Waals surface area contributed by atoms with Crippen molar-refractivity contribution in [2.75, 3.05) is 10.6 Å². The van der Waals surface area contributed by atoms with Crippen molar-refractivity contribution in [3.8, 4) is 0 Å². The summed E-state index contributed by atoms with van der Waals surface area (Å²) in [4.78, 5) is 29.2. The molecule has 138 valence electrons. The first-order chi connectivity index (χ1) is 13.2. The number of carbonyl (C=O) groups excluding carboxylic acids is 2. The van der Waals surface area contributed by atoms with E-state index in [1.165, 1.54) is 17.8 Å². The molecule has 4 rings (SSSR count). The van der Waals surface area contributed by atoms with Gasteiger partial charge in [-0.25, -0.2) is 4.98 Å². The van der Waals surface area contributed by atoms with E-state index in [4.69, 9.17) is 0 Å². The van der Waals surface area contributed by atoms with Crippen molar-refractivity contribution in [3.05, 3.63) is 54.1 Å². The Morgan fingerprint density at radius 1 is 0.926 bits per heavy atom. The van der Waals surface area contributed by atoms with Crippen LogP contribution >= 0.6 is 11.3 Å². The van der Waals surface area contributed by atoms with Crippen LogP contribution in [-0.4, -0.2) is 16.8 Å². The van der Waals surface area contributed by atoms with Crippen molar-refractivity contribution in [1.82, 2.24) is 4.98 Å². The largest absolute Gasteiger partial charge is 0.326 e. The van der Waals surface area contributed by atoms with Gasteiger partial charge in [0.05, 0.1) is 10.2 Å². The van der Waals surface area contributed by atoms with Crippen molar-refractivity contribution >= 4 is 44.2 Å². The Labute approximate surface area is 161 Å². The fourth-order valence-corrected chi connectivity index (χ4v) is 4.27. The Morgan fingerprint density at radius 3 is 2.41 bits per heavy atom. The molecular formula is C21H21N3O2S. The lowest BCUT2D eigenvalue weighted by Crippen LogP contribution is -2.24. The molecule has 0 unspecified atom stereocenters. The number of fused-ring (bicyclic) bond motifs is 1. The summed E-state index contributed by atoms with van der Waals surface area (Å²) in [5.41, 5.74) is 2.13. The summed E-state index contributed by atoms with van der Waals surface area (Å²) in [6.07, 6.45) is 5.41. The third-order valence-electron chi connectivity index (χ3n) is 4.90. The first kappa shape index (κ1) is 17.7. The first-order valence-corrected chi connectivity index (χ1v) is 10.1. The Hall–Kier alpha value is -2.73. The fourth-order valence-electron chi connectivity index (χ4n) is 3.41. The zero-order chi connectivity index (χ0) is 18.6. The van der Waals surface area contributed by atoms with Crippen LogP contribution in [0.4, 0.5) is 10.8 Å². The van der Waals surface area contributed by atoms with Crippen LogP contribution in [0.2, 0.25) is 0 Å². The molecule has 2 aromatic carbocycles. The highest BCUT2D eigenvalue weighted by atomic mass is 32.1. The Kier molecular flexibility index (Phi) is 5.16. The minimum Gasteiger partial charge on any atom is -0.326 e. The first-order valence-electron chi connectivity index (χ1n) is 9.27. The molecule has 0 atom stereocenters. The van der Waals surface area contributed by atoms with E-state index in [0.29, 0.717) is 10.7 Å². The van der Waals surface area contributed by atoms with Crippen LogP contribution in [0.25, 0.3) is 10.2 Å². The smallest absolute Gasteiger partial charge is 0.257 e. The molecule has 1 aliphatic rings. The van der Waals surface area contributed by atoms with Crippen LogP contribution in [0, 0.1) is 5.92 Å². The summed E-state index contributed by atoms with van der Waals surface area (Å²) in [5.74, 6) is -0.0126. The van der Waals surface area contributed by atoms with Crippen LogP contribution in [0.5, 0.6) is 0 Å². The average Bonchev–Trinajstić information content (AvgIpc) is 3.11. The van der Waals surface area contributed by atoms with Crippen molar-refractivity contribution < 1.29 is 9.59 Å². The lowest BCUT2D eigenvalue weighted by atomic mass is 9.88. The maximum atomic E-state index is 12.4. The molecule has 27 heavy (non-hydrogen) atoms. The molecule has 0 bridgehead atoms. The molecule has 5 nitrogen and oxygen atoms in total. The second-order valence-electron chi connectivity index (χ2n) is 6.84. The van der Waals surface area contributed by atoms with E-state index >= 15 is 0 Å². The summed E-state index contributed by atoms with van der Waals surface area (Å²) in [6.45, 7) is 0. The lowest BCUT2D eigenvalue weighted by Gasteiger charge is -2.20. The molecule has 1 heterocycles. The molecule has 1 saturated carbocycles. The average molecular weight is 379 g/mol. The van der Waals surface area contributed by atoms with E-state index in [-0.39, 0.29) is 17.7 Å². The van der Waals surface area contributed by atoms with Crippen LogP contribution in [0.3, 0.4) is 0 Å². The van der Waals surface area contributed by atoms with Gasteiger partial charge >= 0.3 is 0 Å². The van der Waals surface area contributed by atoms with Gasteiger partial charge in [-0.2, -0.15) is 0 Å². The van der Waals surface area contributed by atoms with E-state index in [1.807, 2.05) is 24.3 Å². The number of nitrogens with one attached hydrogen (secondary N) is 2. The highest BCUT2D eigenvalue weighted by Gasteiger charge is 2.21. The minimum atomic E-state index is -0.209. The molecule has 3 aromatic rings. The van der Waals surface area contributed by atoms with Gasteiger partial charge in [0, 0.05) is 17.2 Å². The number of hydrogen-bond donors (Lipinski definition) is 2.